The summed E-state index contributed by atoms with van der Waals surface area (Å²) in [5, 5.41) is 8.35. The number of aryl methyl sites for hydroxylation is 1. The van der Waals surface area contributed by atoms with Gasteiger partial charge in [-0.15, -0.1) is 11.3 Å². The van der Waals surface area contributed by atoms with Gasteiger partial charge in [0, 0.05) is 31.0 Å². The molecule has 0 radical (unpaired) electrons. The highest BCUT2D eigenvalue weighted by Crippen LogP contribution is 2.17. The van der Waals surface area contributed by atoms with E-state index in [1.165, 1.54) is 16.3 Å². The van der Waals surface area contributed by atoms with Crippen LogP contribution in [0.4, 0.5) is 5.13 Å². The Bertz CT molecular complexity index is 494. The van der Waals surface area contributed by atoms with Crippen LogP contribution in [0.5, 0.6) is 0 Å². The third-order valence-electron chi connectivity index (χ3n) is 2.31. The zero-order valence-electron chi connectivity index (χ0n) is 9.56. The van der Waals surface area contributed by atoms with Gasteiger partial charge in [-0.25, -0.2) is 9.99 Å². The molecule has 1 aliphatic heterocycles. The average molecular weight is 252 g/mol. The summed E-state index contributed by atoms with van der Waals surface area (Å²) in [4.78, 5) is 28.1. The van der Waals surface area contributed by atoms with Crippen LogP contribution in [0.15, 0.2) is 11.3 Å². The van der Waals surface area contributed by atoms with Crippen molar-refractivity contribution in [3.05, 3.63) is 11.1 Å². The van der Waals surface area contributed by atoms with E-state index >= 15 is 0 Å². The van der Waals surface area contributed by atoms with Crippen LogP contribution in [-0.4, -0.2) is 34.6 Å². The molecule has 2 amide bonds. The van der Waals surface area contributed by atoms with Crippen molar-refractivity contribution >= 4 is 34.0 Å². The van der Waals surface area contributed by atoms with Crippen LogP contribution in [0.25, 0.3) is 0 Å². The molecule has 1 aromatic heterocycles. The van der Waals surface area contributed by atoms with Gasteiger partial charge in [0.1, 0.15) is 5.71 Å². The van der Waals surface area contributed by atoms with Gasteiger partial charge in [-0.1, -0.05) is 0 Å². The first-order valence-corrected chi connectivity index (χ1v) is 5.96. The second-order valence-corrected chi connectivity index (χ2v) is 4.93. The van der Waals surface area contributed by atoms with Crippen LogP contribution >= 0.6 is 11.3 Å². The Kier molecular flexibility index (Phi) is 3.19. The molecule has 0 bridgehead atoms. The molecule has 1 aromatic rings. The summed E-state index contributed by atoms with van der Waals surface area (Å²) in [5.41, 5.74) is 0.361. The third kappa shape index (κ3) is 2.68. The van der Waals surface area contributed by atoms with Crippen LogP contribution in [0, 0.1) is 6.92 Å². The van der Waals surface area contributed by atoms with E-state index in [9.17, 15) is 9.59 Å². The zero-order chi connectivity index (χ0) is 12.4. The quantitative estimate of drug-likeness (QED) is 0.853. The highest BCUT2D eigenvalue weighted by Gasteiger charge is 2.22. The summed E-state index contributed by atoms with van der Waals surface area (Å²) in [7, 11) is 1.54. The van der Waals surface area contributed by atoms with Crippen LogP contribution in [0.3, 0.4) is 0 Å². The SMILES string of the molecule is Cc1cnc(NC(=O)C2=NN(C)C(=O)CC2)s1. The molecule has 0 spiro atoms. The van der Waals surface area contributed by atoms with E-state index in [-0.39, 0.29) is 11.8 Å². The molecule has 6 nitrogen and oxygen atoms in total. The number of amides is 2. The van der Waals surface area contributed by atoms with Crippen molar-refractivity contribution in [2.24, 2.45) is 5.10 Å². The second-order valence-electron chi connectivity index (χ2n) is 3.69. The van der Waals surface area contributed by atoms with E-state index in [1.54, 1.807) is 13.2 Å². The van der Waals surface area contributed by atoms with Gasteiger partial charge < -0.3 is 0 Å². The van der Waals surface area contributed by atoms with Gasteiger partial charge in [0.15, 0.2) is 5.13 Å². The molecule has 0 saturated heterocycles. The van der Waals surface area contributed by atoms with Gasteiger partial charge in [0.25, 0.3) is 5.91 Å². The Morgan fingerprint density at radius 2 is 2.29 bits per heavy atom. The average Bonchev–Trinajstić information content (AvgIpc) is 2.68. The van der Waals surface area contributed by atoms with E-state index in [1.807, 2.05) is 6.92 Å². The van der Waals surface area contributed by atoms with E-state index in [0.29, 0.717) is 23.7 Å². The Morgan fingerprint density at radius 1 is 1.53 bits per heavy atom. The van der Waals surface area contributed by atoms with Crippen molar-refractivity contribution in [1.82, 2.24) is 9.99 Å². The number of nitrogens with one attached hydrogen (secondary N) is 1. The van der Waals surface area contributed by atoms with Crippen LogP contribution in [-0.2, 0) is 9.59 Å². The molecular formula is C10H12N4O2S. The first-order valence-electron chi connectivity index (χ1n) is 5.14. The maximum Gasteiger partial charge on any atom is 0.273 e. The number of hydrogen-bond donors (Lipinski definition) is 1. The Hall–Kier alpha value is -1.76. The molecular weight excluding hydrogens is 240 g/mol. The molecule has 17 heavy (non-hydrogen) atoms. The molecule has 0 atom stereocenters. The van der Waals surface area contributed by atoms with Gasteiger partial charge in [-0.05, 0) is 6.92 Å². The molecule has 0 unspecified atom stereocenters. The first-order chi connectivity index (χ1) is 8.06. The number of nitrogens with zero attached hydrogens (tertiary/aromatic N) is 3. The Balaban J connectivity index is 2.06. The number of hydrazone groups is 1. The highest BCUT2D eigenvalue weighted by atomic mass is 32.1. The predicted molar refractivity (Wildman–Crippen MR) is 64.9 cm³/mol. The van der Waals surface area contributed by atoms with E-state index in [2.05, 4.69) is 15.4 Å². The monoisotopic (exact) mass is 252 g/mol. The van der Waals surface area contributed by atoms with Crippen molar-refractivity contribution in [3.8, 4) is 0 Å². The number of hydrogen-bond acceptors (Lipinski definition) is 5. The first kappa shape index (κ1) is 11.7. The van der Waals surface area contributed by atoms with Gasteiger partial charge in [-0.3, -0.25) is 14.9 Å². The summed E-state index contributed by atoms with van der Waals surface area (Å²) < 4.78 is 0. The summed E-state index contributed by atoms with van der Waals surface area (Å²) in [5.74, 6) is -0.370. The molecule has 1 N–H and O–H groups in total. The third-order valence-corrected chi connectivity index (χ3v) is 3.14. The molecule has 1 aliphatic rings. The lowest BCUT2D eigenvalue weighted by Crippen LogP contribution is -2.34. The largest absolute Gasteiger partial charge is 0.297 e. The topological polar surface area (TPSA) is 74.7 Å². The summed E-state index contributed by atoms with van der Waals surface area (Å²) in [6.45, 7) is 1.91. The van der Waals surface area contributed by atoms with Gasteiger partial charge >= 0.3 is 0 Å². The lowest BCUT2D eigenvalue weighted by atomic mass is 10.1. The standard InChI is InChI=1S/C10H12N4O2S/c1-6-5-11-10(17-6)12-9(16)7-3-4-8(15)14(2)13-7/h5H,3-4H2,1-2H3,(H,11,12,16). The minimum atomic E-state index is -0.293. The van der Waals surface area contributed by atoms with Crippen LogP contribution in [0.2, 0.25) is 0 Å². The van der Waals surface area contributed by atoms with Crippen molar-refractivity contribution in [1.29, 1.82) is 0 Å². The van der Waals surface area contributed by atoms with Gasteiger partial charge in [0.2, 0.25) is 5.91 Å². The smallest absolute Gasteiger partial charge is 0.273 e. The molecule has 2 heterocycles. The van der Waals surface area contributed by atoms with Crippen molar-refractivity contribution in [2.75, 3.05) is 12.4 Å². The van der Waals surface area contributed by atoms with E-state index in [0.717, 1.165) is 4.88 Å². The number of thiazole rings is 1. The maximum absolute atomic E-state index is 11.8. The second kappa shape index (κ2) is 4.62. The van der Waals surface area contributed by atoms with Crippen molar-refractivity contribution < 1.29 is 9.59 Å². The molecule has 90 valence electrons. The maximum atomic E-state index is 11.8. The lowest BCUT2D eigenvalue weighted by molar-refractivity contribution is -0.130. The summed E-state index contributed by atoms with van der Waals surface area (Å²) in [6.07, 6.45) is 2.39. The van der Waals surface area contributed by atoms with E-state index < -0.39 is 0 Å². The van der Waals surface area contributed by atoms with Crippen molar-refractivity contribution in [3.63, 3.8) is 0 Å². The number of carbonyl (C=O) groups is 2. The molecule has 2 rings (SSSR count). The highest BCUT2D eigenvalue weighted by molar-refractivity contribution is 7.15. The fourth-order valence-electron chi connectivity index (χ4n) is 1.41. The number of aromatic nitrogens is 1. The summed E-state index contributed by atoms with van der Waals surface area (Å²) >= 11 is 1.40. The lowest BCUT2D eigenvalue weighted by Gasteiger charge is -2.18. The zero-order valence-corrected chi connectivity index (χ0v) is 10.4. The molecule has 7 heteroatoms. The minimum Gasteiger partial charge on any atom is -0.297 e. The number of carbonyl (C=O) groups excluding carboxylic acids is 2. The number of rotatable bonds is 2. The Labute approximate surface area is 102 Å². The molecule has 0 saturated carbocycles. The Morgan fingerprint density at radius 3 is 2.88 bits per heavy atom. The van der Waals surface area contributed by atoms with Gasteiger partial charge in [-0.2, -0.15) is 5.10 Å². The molecule has 0 aliphatic carbocycles. The number of anilines is 1. The normalized spacial score (nSPS) is 15.8. The van der Waals surface area contributed by atoms with E-state index in [4.69, 9.17) is 0 Å². The fourth-order valence-corrected chi connectivity index (χ4v) is 2.07. The van der Waals surface area contributed by atoms with Crippen LogP contribution in [0.1, 0.15) is 17.7 Å². The molecule has 0 fully saturated rings. The van der Waals surface area contributed by atoms with Gasteiger partial charge in [0.05, 0.1) is 0 Å². The predicted octanol–water partition coefficient (Wildman–Crippen LogP) is 0.998. The van der Waals surface area contributed by atoms with Crippen molar-refractivity contribution in [2.45, 2.75) is 19.8 Å². The fraction of sp³-hybridized carbons (Fsp3) is 0.400. The minimum absolute atomic E-state index is 0.0772. The molecule has 0 aromatic carbocycles. The van der Waals surface area contributed by atoms with Crippen LogP contribution < -0.4 is 5.32 Å². The summed E-state index contributed by atoms with van der Waals surface area (Å²) in [6, 6.07) is 0.